The lowest BCUT2D eigenvalue weighted by atomic mass is 10.0. The fourth-order valence-electron chi connectivity index (χ4n) is 3.24. The minimum atomic E-state index is -4.96. The molecule has 0 aliphatic carbocycles. The smallest absolute Gasteiger partial charge is 0.406 e. The molecule has 200 valence electrons. The van der Waals surface area contributed by atoms with Gasteiger partial charge >= 0.3 is 6.36 Å². The summed E-state index contributed by atoms with van der Waals surface area (Å²) in [6, 6.07) is 15.5. The van der Waals surface area contributed by atoms with Crippen molar-refractivity contribution in [2.75, 3.05) is 9.44 Å². The van der Waals surface area contributed by atoms with Crippen molar-refractivity contribution in [3.8, 4) is 16.9 Å². The second-order valence-electron chi connectivity index (χ2n) is 7.53. The van der Waals surface area contributed by atoms with Gasteiger partial charge in [0.15, 0.2) is 0 Å². The molecule has 1 aromatic heterocycles. The van der Waals surface area contributed by atoms with E-state index in [-0.39, 0.29) is 31.0 Å². The predicted molar refractivity (Wildman–Crippen MR) is 136 cm³/mol. The number of thiophene rings is 1. The van der Waals surface area contributed by atoms with Crippen molar-refractivity contribution in [3.63, 3.8) is 0 Å². The summed E-state index contributed by atoms with van der Waals surface area (Å²) in [4.78, 5) is -0.427. The van der Waals surface area contributed by atoms with Gasteiger partial charge in [-0.2, -0.15) is 0 Å². The van der Waals surface area contributed by atoms with Gasteiger partial charge in [-0.05, 0) is 60.2 Å². The molecule has 0 fully saturated rings. The maximum atomic E-state index is 14.4. The number of rotatable bonds is 8. The highest BCUT2D eigenvalue weighted by Crippen LogP contribution is 2.35. The summed E-state index contributed by atoms with van der Waals surface area (Å²) >= 11 is 6.61. The van der Waals surface area contributed by atoms with Crippen molar-refractivity contribution < 1.29 is 39.1 Å². The molecule has 0 amide bonds. The van der Waals surface area contributed by atoms with Gasteiger partial charge in [0.2, 0.25) is 0 Å². The Morgan fingerprint density at radius 1 is 0.789 bits per heavy atom. The first-order valence-corrected chi connectivity index (χ1v) is 14.5. The fraction of sp³-hybridized carbons (Fsp3) is 0.0435. The maximum absolute atomic E-state index is 14.4. The van der Waals surface area contributed by atoms with Crippen LogP contribution in [0.5, 0.6) is 5.75 Å². The Balaban J connectivity index is 1.72. The Labute approximate surface area is 223 Å². The number of anilines is 2. The van der Waals surface area contributed by atoms with Gasteiger partial charge in [0.25, 0.3) is 20.0 Å². The van der Waals surface area contributed by atoms with E-state index >= 15 is 0 Å². The molecule has 0 radical (unpaired) electrons. The van der Waals surface area contributed by atoms with E-state index in [1.165, 1.54) is 48.5 Å². The van der Waals surface area contributed by atoms with Crippen LogP contribution in [0.25, 0.3) is 11.1 Å². The Morgan fingerprint density at radius 3 is 2.05 bits per heavy atom. The largest absolute Gasteiger partial charge is 0.573 e. The average Bonchev–Trinajstić information content (AvgIpc) is 3.27. The Morgan fingerprint density at radius 2 is 1.45 bits per heavy atom. The first-order valence-electron chi connectivity index (χ1n) is 10.3. The summed E-state index contributed by atoms with van der Waals surface area (Å²) in [5.41, 5.74) is -0.105. The molecular weight excluding hydrogens is 592 g/mol. The number of ether oxygens (including phenoxy) is 1. The summed E-state index contributed by atoms with van der Waals surface area (Å²) in [6.45, 7) is 0. The van der Waals surface area contributed by atoms with Crippen LogP contribution in [-0.2, 0) is 20.0 Å². The minimum Gasteiger partial charge on any atom is -0.406 e. The predicted octanol–water partition coefficient (Wildman–Crippen LogP) is 6.71. The number of hydrogen-bond donors (Lipinski definition) is 2. The molecule has 2 N–H and O–H groups in total. The molecule has 0 saturated heterocycles. The van der Waals surface area contributed by atoms with E-state index in [1.54, 1.807) is 6.07 Å². The normalized spacial score (nSPS) is 12.2. The zero-order valence-corrected chi connectivity index (χ0v) is 21.9. The van der Waals surface area contributed by atoms with Crippen LogP contribution in [0.15, 0.2) is 88.0 Å². The zero-order chi connectivity index (χ0) is 27.7. The molecule has 1 heterocycles. The van der Waals surface area contributed by atoms with Crippen LogP contribution in [-0.4, -0.2) is 23.2 Å². The molecule has 15 heteroatoms. The Bertz CT molecular complexity index is 1690. The monoisotopic (exact) mass is 606 g/mol. The standard InChI is InChI=1S/C23H15ClF4N2O5S3/c24-21-11-12-22(36-21)38(33,34)30-20-13-14(17-3-1-2-4-18(17)25)5-10-19(20)29-37(31,32)16-8-6-15(7-9-16)35-23(26,27)28/h1-13,29-30H. The molecule has 0 spiro atoms. The molecular formula is C23H15ClF4N2O5S3. The third-order valence-corrected chi connectivity index (χ3v) is 9.34. The van der Waals surface area contributed by atoms with E-state index in [0.717, 1.165) is 35.6 Å². The fourth-order valence-corrected chi connectivity index (χ4v) is 6.87. The first kappa shape index (κ1) is 27.7. The molecule has 0 atom stereocenters. The minimum absolute atomic E-state index is 0.127. The number of hydrogen-bond acceptors (Lipinski definition) is 6. The van der Waals surface area contributed by atoms with Gasteiger partial charge in [0.1, 0.15) is 15.8 Å². The van der Waals surface area contributed by atoms with Crippen molar-refractivity contribution >= 4 is 54.4 Å². The van der Waals surface area contributed by atoms with Gasteiger partial charge in [-0.15, -0.1) is 24.5 Å². The number of benzene rings is 3. The summed E-state index contributed by atoms with van der Waals surface area (Å²) in [7, 11) is -8.65. The van der Waals surface area contributed by atoms with E-state index in [9.17, 15) is 34.4 Å². The molecule has 38 heavy (non-hydrogen) atoms. The van der Waals surface area contributed by atoms with Gasteiger partial charge in [-0.3, -0.25) is 9.44 Å². The first-order chi connectivity index (χ1) is 17.7. The summed E-state index contributed by atoms with van der Waals surface area (Å²) in [5.74, 6) is -1.23. The van der Waals surface area contributed by atoms with Crippen molar-refractivity contribution in [3.05, 3.63) is 89.0 Å². The number of halogens is 5. The highest BCUT2D eigenvalue weighted by molar-refractivity contribution is 7.94. The van der Waals surface area contributed by atoms with Crippen molar-refractivity contribution in [2.24, 2.45) is 0 Å². The highest BCUT2D eigenvalue weighted by Gasteiger charge is 2.31. The van der Waals surface area contributed by atoms with E-state index in [2.05, 4.69) is 14.2 Å². The van der Waals surface area contributed by atoms with E-state index < -0.39 is 42.9 Å². The van der Waals surface area contributed by atoms with Crippen LogP contribution in [0.3, 0.4) is 0 Å². The lowest BCUT2D eigenvalue weighted by molar-refractivity contribution is -0.274. The van der Waals surface area contributed by atoms with Crippen LogP contribution in [0.1, 0.15) is 0 Å². The van der Waals surface area contributed by atoms with E-state index in [4.69, 9.17) is 11.6 Å². The number of alkyl halides is 3. The van der Waals surface area contributed by atoms with Crippen LogP contribution >= 0.6 is 22.9 Å². The number of nitrogens with one attached hydrogen (secondary N) is 2. The molecule has 0 unspecified atom stereocenters. The van der Waals surface area contributed by atoms with Gasteiger partial charge < -0.3 is 4.74 Å². The van der Waals surface area contributed by atoms with Crippen molar-refractivity contribution in [1.82, 2.24) is 0 Å². The second kappa shape index (κ2) is 10.4. The van der Waals surface area contributed by atoms with Crippen LogP contribution < -0.4 is 14.2 Å². The summed E-state index contributed by atoms with van der Waals surface area (Å²) in [6.07, 6.45) is -4.96. The second-order valence-corrected chi connectivity index (χ2v) is 12.8. The summed E-state index contributed by atoms with van der Waals surface area (Å²) in [5, 5.41) is 0. The van der Waals surface area contributed by atoms with E-state index in [1.807, 2.05) is 0 Å². The molecule has 4 rings (SSSR count). The molecule has 0 aliphatic heterocycles. The van der Waals surface area contributed by atoms with Gasteiger partial charge in [-0.25, -0.2) is 21.2 Å². The highest BCUT2D eigenvalue weighted by atomic mass is 35.5. The zero-order valence-electron chi connectivity index (χ0n) is 18.7. The van der Waals surface area contributed by atoms with Gasteiger partial charge in [0.05, 0.1) is 20.6 Å². The van der Waals surface area contributed by atoms with Crippen LogP contribution in [0.4, 0.5) is 28.9 Å². The molecule has 3 aromatic carbocycles. The third-order valence-electron chi connectivity index (χ3n) is 4.87. The number of sulfonamides is 2. The van der Waals surface area contributed by atoms with Crippen LogP contribution in [0, 0.1) is 5.82 Å². The van der Waals surface area contributed by atoms with Gasteiger partial charge in [-0.1, -0.05) is 35.9 Å². The third kappa shape index (κ3) is 6.56. The molecule has 4 aromatic rings. The van der Waals surface area contributed by atoms with E-state index in [0.29, 0.717) is 0 Å². The molecule has 0 aliphatic rings. The lowest BCUT2D eigenvalue weighted by Crippen LogP contribution is -2.18. The summed E-state index contributed by atoms with van der Waals surface area (Å²) < 4.78 is 112. The topological polar surface area (TPSA) is 102 Å². The maximum Gasteiger partial charge on any atom is 0.573 e. The Hall–Kier alpha value is -3.33. The molecule has 7 nitrogen and oxygen atoms in total. The van der Waals surface area contributed by atoms with Crippen molar-refractivity contribution in [2.45, 2.75) is 15.5 Å². The quantitative estimate of drug-likeness (QED) is 0.217. The molecule has 0 bridgehead atoms. The lowest BCUT2D eigenvalue weighted by Gasteiger charge is -2.16. The average molecular weight is 607 g/mol. The SMILES string of the molecule is O=S(=O)(Nc1ccc(-c2ccccc2F)cc1NS(=O)(=O)c1ccc(Cl)s1)c1ccc(OC(F)(F)F)cc1. The van der Waals surface area contributed by atoms with Gasteiger partial charge in [0, 0.05) is 5.56 Å². The van der Waals surface area contributed by atoms with Crippen molar-refractivity contribution in [1.29, 1.82) is 0 Å². The Kier molecular flexibility index (Phi) is 7.61. The molecule has 0 saturated carbocycles. The van der Waals surface area contributed by atoms with Crippen LogP contribution in [0.2, 0.25) is 4.34 Å².